The van der Waals surface area contributed by atoms with E-state index in [1.165, 1.54) is 18.4 Å². The Hall–Kier alpha value is -1.35. The molecule has 1 spiro atoms. The van der Waals surface area contributed by atoms with Gasteiger partial charge in [-0.2, -0.15) is 0 Å². The summed E-state index contributed by atoms with van der Waals surface area (Å²) in [5.41, 5.74) is 1.56. The smallest absolute Gasteiger partial charge is 0.226 e. The van der Waals surface area contributed by atoms with E-state index in [0.29, 0.717) is 11.3 Å². The van der Waals surface area contributed by atoms with Crippen LogP contribution in [0.25, 0.3) is 0 Å². The highest BCUT2D eigenvalue weighted by atomic mass is 16.2. The summed E-state index contributed by atoms with van der Waals surface area (Å²) in [5.74, 6) is 0.659. The van der Waals surface area contributed by atoms with Gasteiger partial charge in [-0.05, 0) is 50.3 Å². The topological polar surface area (TPSA) is 32.3 Å². The molecule has 1 aliphatic carbocycles. The molecule has 3 rings (SSSR count). The van der Waals surface area contributed by atoms with E-state index in [1.807, 2.05) is 23.1 Å². The maximum absolute atomic E-state index is 12.7. The van der Waals surface area contributed by atoms with Gasteiger partial charge in [0.1, 0.15) is 0 Å². The molecule has 1 saturated carbocycles. The molecule has 1 aromatic rings. The van der Waals surface area contributed by atoms with Crippen molar-refractivity contribution in [3.05, 3.63) is 35.9 Å². The van der Waals surface area contributed by atoms with Gasteiger partial charge >= 0.3 is 0 Å². The molecular weight excluding hydrogens is 248 g/mol. The number of benzene rings is 1. The van der Waals surface area contributed by atoms with Crippen molar-refractivity contribution in [1.29, 1.82) is 0 Å². The number of hydrogen-bond acceptors (Lipinski definition) is 2. The molecule has 108 valence electrons. The van der Waals surface area contributed by atoms with Gasteiger partial charge in [-0.3, -0.25) is 4.79 Å². The molecule has 1 N–H and O–H groups in total. The van der Waals surface area contributed by atoms with E-state index >= 15 is 0 Å². The third-order valence-corrected chi connectivity index (χ3v) is 5.00. The van der Waals surface area contributed by atoms with Crippen molar-refractivity contribution < 1.29 is 4.79 Å². The predicted octanol–water partition coefficient (Wildman–Crippen LogP) is 2.42. The van der Waals surface area contributed by atoms with Crippen molar-refractivity contribution in [3.63, 3.8) is 0 Å². The Balaban J connectivity index is 1.63. The molecule has 1 aromatic carbocycles. The molecule has 20 heavy (non-hydrogen) atoms. The van der Waals surface area contributed by atoms with Gasteiger partial charge in [0.25, 0.3) is 0 Å². The van der Waals surface area contributed by atoms with Crippen LogP contribution in [-0.2, 0) is 11.3 Å². The van der Waals surface area contributed by atoms with E-state index in [4.69, 9.17) is 0 Å². The second-order valence-electron chi connectivity index (χ2n) is 6.21. The Labute approximate surface area is 121 Å². The second-order valence-corrected chi connectivity index (χ2v) is 6.21. The number of rotatable bonds is 4. The summed E-state index contributed by atoms with van der Waals surface area (Å²) in [5, 5.41) is 3.40. The lowest BCUT2D eigenvalue weighted by molar-refractivity contribution is -0.134. The van der Waals surface area contributed by atoms with E-state index < -0.39 is 0 Å². The van der Waals surface area contributed by atoms with Crippen LogP contribution >= 0.6 is 0 Å². The molecule has 1 atom stereocenters. The van der Waals surface area contributed by atoms with Gasteiger partial charge in [-0.1, -0.05) is 30.3 Å². The molecule has 0 radical (unpaired) electrons. The molecule has 1 heterocycles. The summed E-state index contributed by atoms with van der Waals surface area (Å²) >= 11 is 0. The van der Waals surface area contributed by atoms with E-state index in [1.54, 1.807) is 0 Å². The fourth-order valence-corrected chi connectivity index (χ4v) is 3.54. The number of carbonyl (C=O) groups is 1. The summed E-state index contributed by atoms with van der Waals surface area (Å²) in [7, 11) is 0. The number of carbonyl (C=O) groups excluding carboxylic acids is 1. The lowest BCUT2D eigenvalue weighted by Gasteiger charge is -2.26. The molecule has 1 aliphatic heterocycles. The molecular formula is C17H24N2O. The molecule has 2 fully saturated rings. The predicted molar refractivity (Wildman–Crippen MR) is 80.2 cm³/mol. The number of nitrogens with zero attached hydrogens (tertiary/aromatic N) is 1. The van der Waals surface area contributed by atoms with Gasteiger partial charge in [0, 0.05) is 19.0 Å². The Kier molecular flexibility index (Phi) is 3.79. The number of hydrogen-bond donors (Lipinski definition) is 1. The van der Waals surface area contributed by atoms with Crippen LogP contribution < -0.4 is 5.32 Å². The number of nitrogens with one attached hydrogen (secondary N) is 1. The highest BCUT2D eigenvalue weighted by molar-refractivity contribution is 5.82. The van der Waals surface area contributed by atoms with Gasteiger partial charge in [0.15, 0.2) is 0 Å². The first-order chi connectivity index (χ1) is 9.75. The van der Waals surface area contributed by atoms with Gasteiger partial charge in [-0.15, -0.1) is 0 Å². The average Bonchev–Trinajstić information content (AvgIpc) is 3.19. The SMILES string of the molecule is CCN(Cc1ccccc1)C(=O)C1CC12CCNCC2. The lowest BCUT2D eigenvalue weighted by atomic mass is 9.91. The standard InChI is InChI=1S/C17H24N2O/c1-2-19(13-14-6-4-3-5-7-14)16(20)15-12-17(15)8-10-18-11-9-17/h3-7,15,18H,2,8-13H2,1H3. The lowest BCUT2D eigenvalue weighted by Crippen LogP contribution is -2.36. The van der Waals surface area contributed by atoms with Crippen molar-refractivity contribution in [2.24, 2.45) is 11.3 Å². The molecule has 1 amide bonds. The van der Waals surface area contributed by atoms with Crippen LogP contribution in [0.2, 0.25) is 0 Å². The minimum atomic E-state index is 0.285. The normalized spacial score (nSPS) is 23.6. The van der Waals surface area contributed by atoms with Gasteiger partial charge < -0.3 is 10.2 Å². The minimum absolute atomic E-state index is 0.285. The molecule has 0 bridgehead atoms. The maximum Gasteiger partial charge on any atom is 0.226 e. The summed E-state index contributed by atoms with van der Waals surface area (Å²) < 4.78 is 0. The van der Waals surface area contributed by atoms with Crippen molar-refractivity contribution in [1.82, 2.24) is 10.2 Å². The van der Waals surface area contributed by atoms with Crippen LogP contribution in [0.5, 0.6) is 0 Å². The van der Waals surface area contributed by atoms with Crippen LogP contribution in [0.3, 0.4) is 0 Å². The largest absolute Gasteiger partial charge is 0.338 e. The molecule has 2 aliphatic rings. The average molecular weight is 272 g/mol. The van der Waals surface area contributed by atoms with Crippen molar-refractivity contribution in [2.45, 2.75) is 32.7 Å². The number of piperidine rings is 1. The third kappa shape index (κ3) is 2.59. The summed E-state index contributed by atoms with van der Waals surface area (Å²) in [6.45, 7) is 5.79. The van der Waals surface area contributed by atoms with Crippen LogP contribution in [0.4, 0.5) is 0 Å². The van der Waals surface area contributed by atoms with Gasteiger partial charge in [0.2, 0.25) is 5.91 Å². The number of amides is 1. The first kappa shape index (κ1) is 13.6. The summed E-state index contributed by atoms with van der Waals surface area (Å²) in [6, 6.07) is 10.3. The Morgan fingerprint density at radius 1 is 1.30 bits per heavy atom. The Morgan fingerprint density at radius 2 is 2.00 bits per heavy atom. The summed E-state index contributed by atoms with van der Waals surface area (Å²) in [4.78, 5) is 14.7. The van der Waals surface area contributed by atoms with Crippen LogP contribution in [0.15, 0.2) is 30.3 Å². The third-order valence-electron chi connectivity index (χ3n) is 5.00. The minimum Gasteiger partial charge on any atom is -0.338 e. The van der Waals surface area contributed by atoms with Crippen molar-refractivity contribution in [3.8, 4) is 0 Å². The van der Waals surface area contributed by atoms with Crippen molar-refractivity contribution in [2.75, 3.05) is 19.6 Å². The fourth-order valence-electron chi connectivity index (χ4n) is 3.54. The fraction of sp³-hybridized carbons (Fsp3) is 0.588. The zero-order valence-corrected chi connectivity index (χ0v) is 12.3. The van der Waals surface area contributed by atoms with Gasteiger partial charge in [0.05, 0.1) is 0 Å². The zero-order valence-electron chi connectivity index (χ0n) is 12.3. The molecule has 1 unspecified atom stereocenters. The van der Waals surface area contributed by atoms with Crippen LogP contribution in [-0.4, -0.2) is 30.4 Å². The van der Waals surface area contributed by atoms with E-state index in [0.717, 1.165) is 32.6 Å². The quantitative estimate of drug-likeness (QED) is 0.913. The van der Waals surface area contributed by atoms with E-state index in [2.05, 4.69) is 24.4 Å². The molecule has 3 heteroatoms. The van der Waals surface area contributed by atoms with Crippen LogP contribution in [0, 0.1) is 11.3 Å². The first-order valence-electron chi connectivity index (χ1n) is 7.78. The molecule has 3 nitrogen and oxygen atoms in total. The first-order valence-corrected chi connectivity index (χ1v) is 7.78. The van der Waals surface area contributed by atoms with Gasteiger partial charge in [-0.25, -0.2) is 0 Å². The molecule has 1 saturated heterocycles. The Morgan fingerprint density at radius 3 is 2.65 bits per heavy atom. The van der Waals surface area contributed by atoms with Crippen LogP contribution in [0.1, 0.15) is 31.7 Å². The van der Waals surface area contributed by atoms with E-state index in [-0.39, 0.29) is 5.92 Å². The highest BCUT2D eigenvalue weighted by Crippen LogP contribution is 2.59. The van der Waals surface area contributed by atoms with E-state index in [9.17, 15) is 4.79 Å². The zero-order chi connectivity index (χ0) is 14.0. The summed E-state index contributed by atoms with van der Waals surface area (Å²) in [6.07, 6.45) is 3.46. The second kappa shape index (κ2) is 5.57. The monoisotopic (exact) mass is 272 g/mol. The highest BCUT2D eigenvalue weighted by Gasteiger charge is 2.58. The van der Waals surface area contributed by atoms with Crippen molar-refractivity contribution >= 4 is 5.91 Å². The molecule has 0 aromatic heterocycles. The maximum atomic E-state index is 12.7. The Bertz CT molecular complexity index is 465.